The van der Waals surface area contributed by atoms with E-state index < -0.39 is 10.0 Å². The van der Waals surface area contributed by atoms with Crippen LogP contribution in [-0.4, -0.2) is 49.8 Å². The number of rotatable bonds is 4. The van der Waals surface area contributed by atoms with E-state index in [1.807, 2.05) is 38.1 Å². The number of aryl methyl sites for hydroxylation is 1. The maximum Gasteiger partial charge on any atom is 0.317 e. The Bertz CT molecular complexity index is 892. The average molecular weight is 388 g/mol. The van der Waals surface area contributed by atoms with Gasteiger partial charge in [-0.25, -0.2) is 13.2 Å². The van der Waals surface area contributed by atoms with E-state index in [4.69, 9.17) is 0 Å². The molecule has 2 amide bonds. The zero-order valence-electron chi connectivity index (χ0n) is 15.6. The summed E-state index contributed by atoms with van der Waals surface area (Å²) in [5.74, 6) is 0. The fourth-order valence-corrected chi connectivity index (χ4v) is 4.74. The van der Waals surface area contributed by atoms with Gasteiger partial charge in [-0.15, -0.1) is 0 Å². The number of urea groups is 1. The summed E-state index contributed by atoms with van der Waals surface area (Å²) in [6, 6.07) is 16.1. The molecule has 3 rings (SSSR count). The van der Waals surface area contributed by atoms with Crippen LogP contribution in [-0.2, 0) is 10.0 Å². The standard InChI is InChI=1S/C20H25N3O3S/c1-16-8-6-7-11-19(16)17(2)21-20(24)22-12-14-23(15-13-22)27(25,26)18-9-4-3-5-10-18/h3-11,17H,12-15H2,1-2H3,(H,21,24). The van der Waals surface area contributed by atoms with Gasteiger partial charge in [0.05, 0.1) is 10.9 Å². The quantitative estimate of drug-likeness (QED) is 0.877. The van der Waals surface area contributed by atoms with Crippen molar-refractivity contribution in [2.24, 2.45) is 0 Å². The minimum Gasteiger partial charge on any atom is -0.331 e. The van der Waals surface area contributed by atoms with Crippen LogP contribution in [0.15, 0.2) is 59.5 Å². The van der Waals surface area contributed by atoms with Crippen LogP contribution in [0.5, 0.6) is 0 Å². The predicted molar refractivity (Wildman–Crippen MR) is 105 cm³/mol. The van der Waals surface area contributed by atoms with Crippen molar-refractivity contribution in [2.75, 3.05) is 26.2 Å². The second-order valence-corrected chi connectivity index (χ2v) is 8.67. The van der Waals surface area contributed by atoms with Crippen LogP contribution in [0.25, 0.3) is 0 Å². The molecule has 0 bridgehead atoms. The zero-order chi connectivity index (χ0) is 19.4. The summed E-state index contributed by atoms with van der Waals surface area (Å²) in [5.41, 5.74) is 2.21. The van der Waals surface area contributed by atoms with Gasteiger partial charge in [-0.05, 0) is 37.1 Å². The van der Waals surface area contributed by atoms with Crippen molar-refractivity contribution in [1.29, 1.82) is 0 Å². The first-order chi connectivity index (χ1) is 12.9. The Labute approximate surface area is 160 Å². The van der Waals surface area contributed by atoms with Crippen LogP contribution in [0.3, 0.4) is 0 Å². The first-order valence-corrected chi connectivity index (χ1v) is 10.5. The highest BCUT2D eigenvalue weighted by Crippen LogP contribution is 2.19. The first-order valence-electron chi connectivity index (χ1n) is 9.06. The van der Waals surface area contributed by atoms with Gasteiger partial charge in [0.1, 0.15) is 0 Å². The zero-order valence-corrected chi connectivity index (χ0v) is 16.4. The van der Waals surface area contributed by atoms with Crippen molar-refractivity contribution in [3.05, 3.63) is 65.7 Å². The van der Waals surface area contributed by atoms with E-state index in [1.54, 1.807) is 35.2 Å². The third-order valence-electron chi connectivity index (χ3n) is 4.90. The number of amides is 2. The minimum atomic E-state index is -3.51. The maximum absolute atomic E-state index is 12.7. The highest BCUT2D eigenvalue weighted by molar-refractivity contribution is 7.89. The number of sulfonamides is 1. The van der Waals surface area contributed by atoms with E-state index in [0.29, 0.717) is 26.2 Å². The molecule has 1 aliphatic heterocycles. The van der Waals surface area contributed by atoms with Crippen LogP contribution < -0.4 is 5.32 Å². The topological polar surface area (TPSA) is 69.7 Å². The van der Waals surface area contributed by atoms with Crippen LogP contribution in [0.4, 0.5) is 4.79 Å². The Hall–Kier alpha value is -2.38. The highest BCUT2D eigenvalue weighted by atomic mass is 32.2. The normalized spacial score (nSPS) is 16.7. The van der Waals surface area contributed by atoms with Crippen LogP contribution in [0.2, 0.25) is 0 Å². The highest BCUT2D eigenvalue weighted by Gasteiger charge is 2.30. The number of benzene rings is 2. The Balaban J connectivity index is 1.59. The SMILES string of the molecule is Cc1ccccc1C(C)NC(=O)N1CCN(S(=O)(=O)c2ccccc2)CC1. The van der Waals surface area contributed by atoms with E-state index in [2.05, 4.69) is 5.32 Å². The number of nitrogens with one attached hydrogen (secondary N) is 1. The number of carbonyl (C=O) groups excluding carboxylic acids is 1. The van der Waals surface area contributed by atoms with Gasteiger partial charge in [0.25, 0.3) is 0 Å². The Kier molecular flexibility index (Phi) is 5.82. The van der Waals surface area contributed by atoms with Gasteiger partial charge in [-0.3, -0.25) is 0 Å². The van der Waals surface area contributed by atoms with Gasteiger partial charge in [0, 0.05) is 26.2 Å². The molecule has 1 N–H and O–H groups in total. The Morgan fingerprint density at radius 2 is 1.56 bits per heavy atom. The molecule has 1 atom stereocenters. The third kappa shape index (κ3) is 4.31. The number of nitrogens with zero attached hydrogens (tertiary/aromatic N) is 2. The third-order valence-corrected chi connectivity index (χ3v) is 6.81. The van der Waals surface area contributed by atoms with Gasteiger partial charge in [-0.1, -0.05) is 42.5 Å². The van der Waals surface area contributed by atoms with Crippen molar-refractivity contribution >= 4 is 16.1 Å². The predicted octanol–water partition coefficient (Wildman–Crippen LogP) is 2.77. The average Bonchev–Trinajstić information content (AvgIpc) is 2.69. The molecule has 0 aromatic heterocycles. The molecule has 0 saturated carbocycles. The minimum absolute atomic E-state index is 0.107. The fraction of sp³-hybridized carbons (Fsp3) is 0.350. The summed E-state index contributed by atoms with van der Waals surface area (Å²) in [5, 5.41) is 3.01. The summed E-state index contributed by atoms with van der Waals surface area (Å²) in [7, 11) is -3.51. The van der Waals surface area contributed by atoms with E-state index in [9.17, 15) is 13.2 Å². The van der Waals surface area contributed by atoms with Gasteiger partial charge in [0.2, 0.25) is 10.0 Å². The summed E-state index contributed by atoms with van der Waals surface area (Å²) in [4.78, 5) is 14.5. The lowest BCUT2D eigenvalue weighted by atomic mass is 10.0. The van der Waals surface area contributed by atoms with Gasteiger partial charge >= 0.3 is 6.03 Å². The smallest absolute Gasteiger partial charge is 0.317 e. The van der Waals surface area contributed by atoms with Crippen molar-refractivity contribution in [2.45, 2.75) is 24.8 Å². The Morgan fingerprint density at radius 3 is 2.19 bits per heavy atom. The van der Waals surface area contributed by atoms with Gasteiger partial charge in [-0.2, -0.15) is 4.31 Å². The van der Waals surface area contributed by atoms with E-state index in [-0.39, 0.29) is 17.0 Å². The lowest BCUT2D eigenvalue weighted by Crippen LogP contribution is -2.53. The van der Waals surface area contributed by atoms with E-state index in [0.717, 1.165) is 11.1 Å². The summed E-state index contributed by atoms with van der Waals surface area (Å²) in [6.45, 7) is 5.31. The number of hydrogen-bond donors (Lipinski definition) is 1. The summed E-state index contributed by atoms with van der Waals surface area (Å²) < 4.78 is 26.8. The molecular formula is C20H25N3O3S. The molecule has 1 heterocycles. The van der Waals surface area contributed by atoms with Gasteiger partial charge < -0.3 is 10.2 Å². The van der Waals surface area contributed by atoms with Crippen molar-refractivity contribution in [1.82, 2.24) is 14.5 Å². The monoisotopic (exact) mass is 387 g/mol. The molecule has 7 heteroatoms. The van der Waals surface area contributed by atoms with Crippen molar-refractivity contribution in [3.8, 4) is 0 Å². The molecule has 27 heavy (non-hydrogen) atoms. The molecule has 2 aromatic rings. The molecule has 0 spiro atoms. The number of carbonyl (C=O) groups is 1. The number of piperazine rings is 1. The molecule has 0 aliphatic carbocycles. The second-order valence-electron chi connectivity index (χ2n) is 6.73. The van der Waals surface area contributed by atoms with Crippen molar-refractivity contribution in [3.63, 3.8) is 0 Å². The second kappa shape index (κ2) is 8.10. The lowest BCUT2D eigenvalue weighted by Gasteiger charge is -2.34. The molecule has 1 aliphatic rings. The largest absolute Gasteiger partial charge is 0.331 e. The fourth-order valence-electron chi connectivity index (χ4n) is 3.30. The van der Waals surface area contributed by atoms with Crippen LogP contribution in [0.1, 0.15) is 24.1 Å². The van der Waals surface area contributed by atoms with E-state index >= 15 is 0 Å². The molecule has 1 fully saturated rings. The first kappa shape index (κ1) is 19.4. The molecule has 1 saturated heterocycles. The lowest BCUT2D eigenvalue weighted by molar-refractivity contribution is 0.169. The summed E-state index contributed by atoms with van der Waals surface area (Å²) >= 11 is 0. The Morgan fingerprint density at radius 1 is 0.963 bits per heavy atom. The van der Waals surface area contributed by atoms with Crippen LogP contribution in [0, 0.1) is 6.92 Å². The van der Waals surface area contributed by atoms with Crippen molar-refractivity contribution < 1.29 is 13.2 Å². The molecular weight excluding hydrogens is 362 g/mol. The maximum atomic E-state index is 12.7. The van der Waals surface area contributed by atoms with Crippen LogP contribution >= 0.6 is 0 Å². The number of hydrogen-bond acceptors (Lipinski definition) is 3. The molecule has 0 radical (unpaired) electrons. The molecule has 2 aromatic carbocycles. The van der Waals surface area contributed by atoms with E-state index in [1.165, 1.54) is 4.31 Å². The molecule has 6 nitrogen and oxygen atoms in total. The molecule has 144 valence electrons. The summed E-state index contributed by atoms with van der Waals surface area (Å²) in [6.07, 6.45) is 0. The van der Waals surface area contributed by atoms with Gasteiger partial charge in [0.15, 0.2) is 0 Å². The molecule has 1 unspecified atom stereocenters.